The second kappa shape index (κ2) is 1.72. The van der Waals surface area contributed by atoms with Gasteiger partial charge in [-0.3, -0.25) is 0 Å². The third-order valence-corrected chi connectivity index (χ3v) is 3.20. The Morgan fingerprint density at radius 2 is 2.22 bits per heavy atom. The second-order valence-electron chi connectivity index (χ2n) is 3.87. The summed E-state index contributed by atoms with van der Waals surface area (Å²) in [6.45, 7) is 0.948. The number of hydrogen-bond donors (Lipinski definition) is 1. The summed E-state index contributed by atoms with van der Waals surface area (Å²) in [6, 6.07) is 0. The molecular weight excluding hydrogens is 110 g/mol. The predicted molar refractivity (Wildman–Crippen MR) is 38.1 cm³/mol. The lowest BCUT2D eigenvalue weighted by Gasteiger charge is -2.52. The Labute approximate surface area is 56.6 Å². The largest absolute Gasteiger partial charge is 0.330 e. The molecule has 0 aliphatic heterocycles. The van der Waals surface area contributed by atoms with Crippen molar-refractivity contribution in [2.24, 2.45) is 17.1 Å². The van der Waals surface area contributed by atoms with Crippen LogP contribution in [0.4, 0.5) is 0 Å². The molecule has 2 N–H and O–H groups in total. The van der Waals surface area contributed by atoms with Crippen molar-refractivity contribution >= 4 is 0 Å². The van der Waals surface area contributed by atoms with Gasteiger partial charge in [0.05, 0.1) is 0 Å². The summed E-state index contributed by atoms with van der Waals surface area (Å²) in [4.78, 5) is 0. The molecule has 0 amide bonds. The van der Waals surface area contributed by atoms with Crippen LogP contribution in [-0.4, -0.2) is 6.54 Å². The van der Waals surface area contributed by atoms with Crippen molar-refractivity contribution in [1.82, 2.24) is 0 Å². The summed E-state index contributed by atoms with van der Waals surface area (Å²) in [5.41, 5.74) is 6.32. The van der Waals surface area contributed by atoms with Gasteiger partial charge in [-0.15, -0.1) is 0 Å². The van der Waals surface area contributed by atoms with Crippen LogP contribution in [0.3, 0.4) is 0 Å². The standard InChI is InChI=1S/C8H15N/c9-6-8-3-1-2-7(4-8)5-8/h7H,1-6,9H2. The second-order valence-corrected chi connectivity index (χ2v) is 3.87. The van der Waals surface area contributed by atoms with Gasteiger partial charge in [-0.25, -0.2) is 0 Å². The lowest BCUT2D eigenvalue weighted by molar-refractivity contribution is 0.00418. The zero-order valence-electron chi connectivity index (χ0n) is 5.90. The van der Waals surface area contributed by atoms with Crippen molar-refractivity contribution in [3.8, 4) is 0 Å². The highest BCUT2D eigenvalue weighted by Gasteiger charge is 2.45. The average molecular weight is 125 g/mol. The molecule has 3 rings (SSSR count). The van der Waals surface area contributed by atoms with Gasteiger partial charge in [-0.2, -0.15) is 0 Å². The zero-order chi connectivity index (χ0) is 6.32. The van der Waals surface area contributed by atoms with Gasteiger partial charge in [0.15, 0.2) is 0 Å². The van der Waals surface area contributed by atoms with E-state index in [4.69, 9.17) is 5.73 Å². The van der Waals surface area contributed by atoms with Crippen LogP contribution in [0.5, 0.6) is 0 Å². The van der Waals surface area contributed by atoms with Crippen molar-refractivity contribution in [1.29, 1.82) is 0 Å². The van der Waals surface area contributed by atoms with E-state index in [0.717, 1.165) is 12.5 Å². The smallest absolute Gasteiger partial charge is 0.00203 e. The summed E-state index contributed by atoms with van der Waals surface area (Å²) in [6.07, 6.45) is 7.25. The van der Waals surface area contributed by atoms with Gasteiger partial charge in [-0.05, 0) is 37.1 Å². The van der Waals surface area contributed by atoms with E-state index in [0.29, 0.717) is 5.41 Å². The van der Waals surface area contributed by atoms with E-state index in [1.54, 1.807) is 0 Å². The van der Waals surface area contributed by atoms with E-state index in [1.807, 2.05) is 0 Å². The van der Waals surface area contributed by atoms with Crippen molar-refractivity contribution in [2.75, 3.05) is 6.54 Å². The van der Waals surface area contributed by atoms with Crippen LogP contribution in [0.25, 0.3) is 0 Å². The van der Waals surface area contributed by atoms with Gasteiger partial charge in [0, 0.05) is 0 Å². The molecule has 0 saturated heterocycles. The molecule has 0 aromatic rings. The molecule has 0 aromatic heterocycles. The molecule has 52 valence electrons. The van der Waals surface area contributed by atoms with Crippen molar-refractivity contribution in [3.05, 3.63) is 0 Å². The minimum Gasteiger partial charge on any atom is -0.330 e. The first kappa shape index (κ1) is 5.72. The minimum atomic E-state index is 0.642. The van der Waals surface area contributed by atoms with Gasteiger partial charge in [0.25, 0.3) is 0 Å². The van der Waals surface area contributed by atoms with Crippen LogP contribution >= 0.6 is 0 Å². The molecule has 2 bridgehead atoms. The maximum atomic E-state index is 5.68. The molecule has 3 fully saturated rings. The fourth-order valence-corrected chi connectivity index (χ4v) is 2.61. The lowest BCUT2D eigenvalue weighted by atomic mass is 9.54. The van der Waals surface area contributed by atoms with E-state index in [2.05, 4.69) is 0 Å². The van der Waals surface area contributed by atoms with Crippen LogP contribution in [0.2, 0.25) is 0 Å². The molecule has 3 aliphatic carbocycles. The van der Waals surface area contributed by atoms with Crippen LogP contribution in [0, 0.1) is 11.3 Å². The molecular formula is C8H15N. The number of hydrogen-bond acceptors (Lipinski definition) is 1. The Balaban J connectivity index is 2.02. The average Bonchev–Trinajstić information content (AvgIpc) is 1.88. The van der Waals surface area contributed by atoms with E-state index in [1.165, 1.54) is 32.1 Å². The molecule has 0 atom stereocenters. The van der Waals surface area contributed by atoms with E-state index in [-0.39, 0.29) is 0 Å². The third-order valence-electron chi connectivity index (χ3n) is 3.20. The number of rotatable bonds is 1. The summed E-state index contributed by atoms with van der Waals surface area (Å²) >= 11 is 0. The maximum Gasteiger partial charge on any atom is -0.00203 e. The molecule has 0 aromatic carbocycles. The van der Waals surface area contributed by atoms with Crippen molar-refractivity contribution in [2.45, 2.75) is 32.1 Å². The Hall–Kier alpha value is -0.0400. The summed E-state index contributed by atoms with van der Waals surface area (Å²) in [7, 11) is 0. The number of nitrogens with two attached hydrogens (primary N) is 1. The van der Waals surface area contributed by atoms with Gasteiger partial charge in [0.1, 0.15) is 0 Å². The molecule has 1 nitrogen and oxygen atoms in total. The molecule has 0 spiro atoms. The Kier molecular flexibility index (Phi) is 1.10. The SMILES string of the molecule is NCC12CCCC(C1)C2. The molecule has 3 aliphatic rings. The normalized spacial score (nSPS) is 48.3. The predicted octanol–water partition coefficient (Wildman–Crippen LogP) is 1.53. The Bertz CT molecular complexity index is 108. The molecule has 0 heterocycles. The minimum absolute atomic E-state index is 0.642. The molecule has 0 unspecified atom stereocenters. The number of fused-ring (bicyclic) bond motifs is 2. The third kappa shape index (κ3) is 0.710. The topological polar surface area (TPSA) is 26.0 Å². The fraction of sp³-hybridized carbons (Fsp3) is 1.00. The first-order chi connectivity index (χ1) is 4.35. The van der Waals surface area contributed by atoms with Gasteiger partial charge in [0.2, 0.25) is 0 Å². The van der Waals surface area contributed by atoms with Crippen molar-refractivity contribution in [3.63, 3.8) is 0 Å². The van der Waals surface area contributed by atoms with Gasteiger partial charge in [-0.1, -0.05) is 12.8 Å². The van der Waals surface area contributed by atoms with E-state index >= 15 is 0 Å². The highest BCUT2D eigenvalue weighted by Crippen LogP contribution is 2.54. The monoisotopic (exact) mass is 125 g/mol. The molecule has 9 heavy (non-hydrogen) atoms. The van der Waals surface area contributed by atoms with Crippen molar-refractivity contribution < 1.29 is 0 Å². The highest BCUT2D eigenvalue weighted by molar-refractivity contribution is 4.97. The first-order valence-corrected chi connectivity index (χ1v) is 4.05. The van der Waals surface area contributed by atoms with E-state index in [9.17, 15) is 0 Å². The maximum absolute atomic E-state index is 5.68. The molecule has 0 radical (unpaired) electrons. The van der Waals surface area contributed by atoms with Crippen LogP contribution < -0.4 is 5.73 Å². The van der Waals surface area contributed by atoms with E-state index < -0.39 is 0 Å². The highest BCUT2D eigenvalue weighted by atomic mass is 14.7. The quantitative estimate of drug-likeness (QED) is 0.565. The summed E-state index contributed by atoms with van der Waals surface area (Å²) in [5, 5.41) is 0. The summed E-state index contributed by atoms with van der Waals surface area (Å²) < 4.78 is 0. The summed E-state index contributed by atoms with van der Waals surface area (Å²) in [5.74, 6) is 1.07. The van der Waals surface area contributed by atoms with Gasteiger partial charge >= 0.3 is 0 Å². The Morgan fingerprint density at radius 1 is 1.44 bits per heavy atom. The van der Waals surface area contributed by atoms with Gasteiger partial charge < -0.3 is 5.73 Å². The fourth-order valence-electron chi connectivity index (χ4n) is 2.61. The Morgan fingerprint density at radius 3 is 2.56 bits per heavy atom. The van der Waals surface area contributed by atoms with Crippen LogP contribution in [0.15, 0.2) is 0 Å². The lowest BCUT2D eigenvalue weighted by Crippen LogP contribution is -2.46. The zero-order valence-corrected chi connectivity index (χ0v) is 5.90. The van der Waals surface area contributed by atoms with Crippen LogP contribution in [-0.2, 0) is 0 Å². The molecule has 1 heteroatoms. The van der Waals surface area contributed by atoms with Crippen LogP contribution in [0.1, 0.15) is 32.1 Å². The first-order valence-electron chi connectivity index (χ1n) is 4.05. The molecule has 3 saturated carbocycles.